The molecule has 0 spiro atoms. The summed E-state index contributed by atoms with van der Waals surface area (Å²) in [6, 6.07) is 25.2. The number of hydrogen-bond donors (Lipinski definition) is 1. The third-order valence-electron chi connectivity index (χ3n) is 5.14. The lowest BCUT2D eigenvalue weighted by Crippen LogP contribution is -2.09. The van der Waals surface area contributed by atoms with Crippen molar-refractivity contribution >= 4 is 0 Å². The second-order valence-electron chi connectivity index (χ2n) is 7.59. The van der Waals surface area contributed by atoms with Gasteiger partial charge in [0.05, 0.1) is 12.2 Å². The highest BCUT2D eigenvalue weighted by Gasteiger charge is 2.34. The smallest absolute Gasteiger partial charge is 0.417 e. The largest absolute Gasteiger partial charge is 0.473 e. The van der Waals surface area contributed by atoms with Gasteiger partial charge in [-0.05, 0) is 40.5 Å². The molecule has 0 amide bonds. The summed E-state index contributed by atoms with van der Waals surface area (Å²) >= 11 is 0. The normalized spacial score (nSPS) is 11.3. The monoisotopic (exact) mass is 465 g/mol. The van der Waals surface area contributed by atoms with Gasteiger partial charge in [0.2, 0.25) is 11.8 Å². The molecule has 0 bridgehead atoms. The Hall–Kier alpha value is -3.84. The molecular formula is C27H22F3NO3. The standard InChI is InChI=1S/C27H22F3NO3/c28-27(29,30)24-13-11-21(16-32)15-23(24)22-12-14-25(33-17-19-7-3-1-4-8-19)31-26(22)34-18-20-9-5-2-6-10-20/h1-15,32H,16-18H2. The van der Waals surface area contributed by atoms with E-state index in [0.717, 1.165) is 17.2 Å². The van der Waals surface area contributed by atoms with E-state index in [9.17, 15) is 18.3 Å². The van der Waals surface area contributed by atoms with Crippen LogP contribution in [-0.2, 0) is 26.0 Å². The van der Waals surface area contributed by atoms with Crippen molar-refractivity contribution in [3.8, 4) is 22.9 Å². The van der Waals surface area contributed by atoms with Gasteiger partial charge >= 0.3 is 6.18 Å². The van der Waals surface area contributed by atoms with Crippen LogP contribution in [0.1, 0.15) is 22.3 Å². The summed E-state index contributed by atoms with van der Waals surface area (Å²) < 4.78 is 53.0. The fourth-order valence-corrected chi connectivity index (χ4v) is 3.44. The van der Waals surface area contributed by atoms with Crippen LogP contribution in [-0.4, -0.2) is 10.1 Å². The molecule has 4 rings (SSSR count). The van der Waals surface area contributed by atoms with Gasteiger partial charge in [-0.25, -0.2) is 0 Å². The predicted octanol–water partition coefficient (Wildman–Crippen LogP) is 6.42. The molecule has 0 fully saturated rings. The fraction of sp³-hybridized carbons (Fsp3) is 0.148. The number of aromatic nitrogens is 1. The van der Waals surface area contributed by atoms with Crippen LogP contribution >= 0.6 is 0 Å². The molecule has 0 aliphatic carbocycles. The molecule has 0 aliphatic rings. The molecule has 34 heavy (non-hydrogen) atoms. The molecule has 1 heterocycles. The molecule has 174 valence electrons. The summed E-state index contributed by atoms with van der Waals surface area (Å²) in [5, 5.41) is 9.50. The Morgan fingerprint density at radius 1 is 0.676 bits per heavy atom. The molecule has 0 saturated heterocycles. The minimum atomic E-state index is -4.59. The van der Waals surface area contributed by atoms with Crippen LogP contribution in [0.25, 0.3) is 11.1 Å². The van der Waals surface area contributed by atoms with Crippen LogP contribution in [0.4, 0.5) is 13.2 Å². The van der Waals surface area contributed by atoms with Gasteiger partial charge < -0.3 is 14.6 Å². The first-order valence-electron chi connectivity index (χ1n) is 10.6. The molecule has 3 aromatic carbocycles. The third kappa shape index (κ3) is 5.74. The molecule has 0 atom stereocenters. The number of aliphatic hydroxyl groups excluding tert-OH is 1. The summed E-state index contributed by atoms with van der Waals surface area (Å²) in [5.74, 6) is 0.234. The zero-order valence-corrected chi connectivity index (χ0v) is 18.1. The van der Waals surface area contributed by atoms with E-state index in [0.29, 0.717) is 5.56 Å². The van der Waals surface area contributed by atoms with Gasteiger partial charge in [0.25, 0.3) is 0 Å². The van der Waals surface area contributed by atoms with Crippen molar-refractivity contribution in [2.45, 2.75) is 26.0 Å². The molecule has 0 radical (unpaired) electrons. The van der Waals surface area contributed by atoms with Crippen LogP contribution in [0.3, 0.4) is 0 Å². The minimum absolute atomic E-state index is 0.00926. The lowest BCUT2D eigenvalue weighted by molar-refractivity contribution is -0.137. The first-order valence-corrected chi connectivity index (χ1v) is 10.6. The van der Waals surface area contributed by atoms with Crippen LogP contribution in [0.5, 0.6) is 11.8 Å². The Labute approximate surface area is 195 Å². The molecule has 0 aliphatic heterocycles. The van der Waals surface area contributed by atoms with E-state index < -0.39 is 18.3 Å². The van der Waals surface area contributed by atoms with E-state index >= 15 is 0 Å². The quantitative estimate of drug-likeness (QED) is 0.326. The number of pyridine rings is 1. The third-order valence-corrected chi connectivity index (χ3v) is 5.14. The molecular weight excluding hydrogens is 443 g/mol. The summed E-state index contributed by atoms with van der Waals surface area (Å²) in [6.45, 7) is -0.0276. The van der Waals surface area contributed by atoms with E-state index in [1.165, 1.54) is 24.3 Å². The molecule has 4 nitrogen and oxygen atoms in total. The van der Waals surface area contributed by atoms with Gasteiger partial charge in [-0.1, -0.05) is 66.7 Å². The van der Waals surface area contributed by atoms with Crippen molar-refractivity contribution < 1.29 is 27.8 Å². The van der Waals surface area contributed by atoms with Crippen LogP contribution < -0.4 is 9.47 Å². The Bertz CT molecular complexity index is 1230. The lowest BCUT2D eigenvalue weighted by atomic mass is 9.97. The summed E-state index contributed by atoms with van der Waals surface area (Å²) in [7, 11) is 0. The van der Waals surface area contributed by atoms with Crippen molar-refractivity contribution in [2.75, 3.05) is 0 Å². The first kappa shape index (κ1) is 23.3. The van der Waals surface area contributed by atoms with Crippen molar-refractivity contribution in [2.24, 2.45) is 0 Å². The highest BCUT2D eigenvalue weighted by atomic mass is 19.4. The molecule has 4 aromatic rings. The van der Waals surface area contributed by atoms with Crippen molar-refractivity contribution in [1.29, 1.82) is 0 Å². The molecule has 1 aromatic heterocycles. The number of hydrogen-bond acceptors (Lipinski definition) is 4. The summed E-state index contributed by atoms with van der Waals surface area (Å²) in [6.07, 6.45) is -4.59. The number of halogens is 3. The second-order valence-corrected chi connectivity index (χ2v) is 7.59. The van der Waals surface area contributed by atoms with Crippen LogP contribution in [0.15, 0.2) is 91.0 Å². The van der Waals surface area contributed by atoms with E-state index in [2.05, 4.69) is 4.98 Å². The van der Waals surface area contributed by atoms with Crippen molar-refractivity contribution in [3.63, 3.8) is 0 Å². The number of nitrogens with zero attached hydrogens (tertiary/aromatic N) is 1. The SMILES string of the molecule is OCc1ccc(C(F)(F)F)c(-c2ccc(OCc3ccccc3)nc2OCc2ccccc2)c1. The Morgan fingerprint density at radius 2 is 1.29 bits per heavy atom. The number of aliphatic hydroxyl groups is 1. The van der Waals surface area contributed by atoms with Crippen LogP contribution in [0.2, 0.25) is 0 Å². The van der Waals surface area contributed by atoms with Crippen molar-refractivity contribution in [3.05, 3.63) is 113 Å². The Balaban J connectivity index is 1.72. The van der Waals surface area contributed by atoms with E-state index in [4.69, 9.17) is 9.47 Å². The fourth-order valence-electron chi connectivity index (χ4n) is 3.44. The Kier molecular flexibility index (Phi) is 7.13. The number of ether oxygens (including phenoxy) is 2. The van der Waals surface area contributed by atoms with Crippen molar-refractivity contribution in [1.82, 2.24) is 4.98 Å². The van der Waals surface area contributed by atoms with Gasteiger partial charge in [-0.15, -0.1) is 0 Å². The van der Waals surface area contributed by atoms with Gasteiger partial charge in [0.1, 0.15) is 13.2 Å². The predicted molar refractivity (Wildman–Crippen MR) is 122 cm³/mol. The summed E-state index contributed by atoms with van der Waals surface area (Å²) in [5.41, 5.74) is 1.31. The number of benzene rings is 3. The topological polar surface area (TPSA) is 51.6 Å². The number of alkyl halides is 3. The maximum atomic E-state index is 13.8. The average molecular weight is 465 g/mol. The molecule has 0 unspecified atom stereocenters. The second kappa shape index (κ2) is 10.4. The highest BCUT2D eigenvalue weighted by molar-refractivity contribution is 5.73. The van der Waals surface area contributed by atoms with Gasteiger partial charge in [-0.3, -0.25) is 0 Å². The lowest BCUT2D eigenvalue weighted by Gasteiger charge is -2.18. The Morgan fingerprint density at radius 3 is 1.88 bits per heavy atom. The van der Waals surface area contributed by atoms with E-state index in [1.807, 2.05) is 60.7 Å². The van der Waals surface area contributed by atoms with E-state index in [-0.39, 0.29) is 36.1 Å². The zero-order valence-electron chi connectivity index (χ0n) is 18.1. The average Bonchev–Trinajstić information content (AvgIpc) is 2.86. The molecule has 7 heteroatoms. The maximum absolute atomic E-state index is 13.8. The minimum Gasteiger partial charge on any atom is -0.473 e. The van der Waals surface area contributed by atoms with Crippen LogP contribution in [0, 0.1) is 0 Å². The number of rotatable bonds is 8. The highest BCUT2D eigenvalue weighted by Crippen LogP contribution is 2.41. The molecule has 1 N–H and O–H groups in total. The molecule has 0 saturated carbocycles. The van der Waals surface area contributed by atoms with Gasteiger partial charge in [0, 0.05) is 11.6 Å². The van der Waals surface area contributed by atoms with Gasteiger partial charge in [0.15, 0.2) is 0 Å². The maximum Gasteiger partial charge on any atom is 0.417 e. The summed E-state index contributed by atoms with van der Waals surface area (Å²) in [4.78, 5) is 4.38. The van der Waals surface area contributed by atoms with E-state index in [1.54, 1.807) is 0 Å². The van der Waals surface area contributed by atoms with Gasteiger partial charge in [-0.2, -0.15) is 18.2 Å². The first-order chi connectivity index (χ1) is 16.4. The zero-order chi connectivity index (χ0) is 24.0.